The van der Waals surface area contributed by atoms with Gasteiger partial charge in [0.1, 0.15) is 0 Å². The zero-order chi connectivity index (χ0) is 11.5. The highest BCUT2D eigenvalue weighted by Gasteiger charge is 2.19. The lowest BCUT2D eigenvalue weighted by molar-refractivity contribution is -0.131. The summed E-state index contributed by atoms with van der Waals surface area (Å²) >= 11 is 0. The van der Waals surface area contributed by atoms with Crippen molar-refractivity contribution in [1.29, 1.82) is 0 Å². The minimum absolute atomic E-state index is 0.0451. The molecule has 0 aromatic carbocycles. The molecule has 0 unspecified atom stereocenters. The van der Waals surface area contributed by atoms with Crippen LogP contribution in [0.15, 0.2) is 23.0 Å². The Morgan fingerprint density at radius 3 is 2.73 bits per heavy atom. The molecule has 0 radical (unpaired) electrons. The summed E-state index contributed by atoms with van der Waals surface area (Å²) in [4.78, 5) is 13.4. The van der Waals surface area contributed by atoms with Crippen molar-refractivity contribution in [2.24, 2.45) is 5.73 Å². The van der Waals surface area contributed by atoms with Crippen LogP contribution in [-0.4, -0.2) is 23.4 Å². The Kier molecular flexibility index (Phi) is 3.52. The summed E-state index contributed by atoms with van der Waals surface area (Å²) in [5.74, 6) is 0.0451. The minimum atomic E-state index is -0.457. The fourth-order valence-corrected chi connectivity index (χ4v) is 1.27. The summed E-state index contributed by atoms with van der Waals surface area (Å²) in [6, 6.07) is 1.84. The van der Waals surface area contributed by atoms with E-state index >= 15 is 0 Å². The van der Waals surface area contributed by atoms with Crippen molar-refractivity contribution in [3.63, 3.8) is 0 Å². The van der Waals surface area contributed by atoms with E-state index in [0.717, 1.165) is 5.56 Å². The van der Waals surface area contributed by atoms with Crippen molar-refractivity contribution in [3.05, 3.63) is 24.2 Å². The van der Waals surface area contributed by atoms with Gasteiger partial charge in [-0.2, -0.15) is 0 Å². The molecule has 15 heavy (non-hydrogen) atoms. The van der Waals surface area contributed by atoms with Crippen LogP contribution in [0.4, 0.5) is 0 Å². The summed E-state index contributed by atoms with van der Waals surface area (Å²) in [6.07, 6.45) is 3.58. The number of nitrogens with zero attached hydrogens (tertiary/aromatic N) is 1. The smallest absolute Gasteiger partial charge is 0.224 e. The molecule has 0 saturated carbocycles. The van der Waals surface area contributed by atoms with Gasteiger partial charge in [-0.05, 0) is 19.9 Å². The molecule has 0 atom stereocenters. The number of nitrogens with two attached hydrogens (primary N) is 1. The molecule has 0 fully saturated rings. The van der Waals surface area contributed by atoms with Crippen LogP contribution in [0.3, 0.4) is 0 Å². The van der Waals surface area contributed by atoms with Crippen molar-refractivity contribution in [2.75, 3.05) is 7.05 Å². The van der Waals surface area contributed by atoms with Crippen LogP contribution in [0.2, 0.25) is 0 Å². The first-order valence-corrected chi connectivity index (χ1v) is 4.92. The van der Waals surface area contributed by atoms with Crippen LogP contribution in [0.1, 0.15) is 25.8 Å². The zero-order valence-electron chi connectivity index (χ0n) is 9.49. The van der Waals surface area contributed by atoms with E-state index in [1.54, 1.807) is 24.5 Å². The van der Waals surface area contributed by atoms with Gasteiger partial charge in [-0.3, -0.25) is 4.79 Å². The van der Waals surface area contributed by atoms with E-state index in [1.807, 2.05) is 19.9 Å². The van der Waals surface area contributed by atoms with Gasteiger partial charge in [-0.25, -0.2) is 0 Å². The molecule has 0 saturated heterocycles. The maximum atomic E-state index is 11.7. The summed E-state index contributed by atoms with van der Waals surface area (Å²) < 4.78 is 4.93. The van der Waals surface area contributed by atoms with E-state index in [9.17, 15) is 4.79 Å². The number of furan rings is 1. The predicted molar refractivity (Wildman–Crippen MR) is 58.1 cm³/mol. The van der Waals surface area contributed by atoms with Gasteiger partial charge >= 0.3 is 0 Å². The van der Waals surface area contributed by atoms with Gasteiger partial charge in [-0.15, -0.1) is 0 Å². The number of carbonyl (C=O) groups is 1. The molecule has 4 nitrogen and oxygen atoms in total. The summed E-state index contributed by atoms with van der Waals surface area (Å²) in [5, 5.41) is 0. The molecule has 84 valence electrons. The van der Waals surface area contributed by atoms with Crippen LogP contribution >= 0.6 is 0 Å². The van der Waals surface area contributed by atoms with Gasteiger partial charge in [0.15, 0.2) is 0 Å². The summed E-state index contributed by atoms with van der Waals surface area (Å²) in [6.45, 7) is 4.25. The molecule has 0 bridgehead atoms. The second kappa shape index (κ2) is 4.49. The van der Waals surface area contributed by atoms with E-state index in [2.05, 4.69) is 0 Å². The molecule has 1 aromatic rings. The van der Waals surface area contributed by atoms with Crippen LogP contribution in [0.5, 0.6) is 0 Å². The highest BCUT2D eigenvalue weighted by molar-refractivity contribution is 5.77. The van der Waals surface area contributed by atoms with Gasteiger partial charge in [0.2, 0.25) is 5.91 Å². The molecule has 1 heterocycles. The molecular formula is C11H18N2O2. The first-order valence-electron chi connectivity index (χ1n) is 4.92. The lowest BCUT2D eigenvalue weighted by Crippen LogP contribution is -2.39. The second-order valence-corrected chi connectivity index (χ2v) is 4.55. The minimum Gasteiger partial charge on any atom is -0.472 e. The Morgan fingerprint density at radius 1 is 1.60 bits per heavy atom. The fraction of sp³-hybridized carbons (Fsp3) is 0.545. The highest BCUT2D eigenvalue weighted by atomic mass is 16.3. The fourth-order valence-electron chi connectivity index (χ4n) is 1.27. The Bertz CT molecular complexity index is 312. The van der Waals surface area contributed by atoms with Gasteiger partial charge in [0, 0.05) is 31.1 Å². The van der Waals surface area contributed by atoms with Crippen LogP contribution in [-0.2, 0) is 11.3 Å². The maximum Gasteiger partial charge on any atom is 0.224 e. The average Bonchev–Trinajstić information content (AvgIpc) is 2.53. The maximum absolute atomic E-state index is 11.7. The first-order chi connectivity index (χ1) is 6.88. The Morgan fingerprint density at radius 2 is 2.27 bits per heavy atom. The van der Waals surface area contributed by atoms with Crippen molar-refractivity contribution >= 4 is 5.91 Å². The van der Waals surface area contributed by atoms with E-state index in [0.29, 0.717) is 13.0 Å². The second-order valence-electron chi connectivity index (χ2n) is 4.55. The average molecular weight is 210 g/mol. The molecule has 1 amide bonds. The topological polar surface area (TPSA) is 59.5 Å². The summed E-state index contributed by atoms with van der Waals surface area (Å²) in [7, 11) is 1.76. The molecule has 0 aliphatic rings. The normalized spacial score (nSPS) is 11.5. The largest absolute Gasteiger partial charge is 0.472 e. The van der Waals surface area contributed by atoms with Crippen molar-refractivity contribution in [1.82, 2.24) is 4.90 Å². The zero-order valence-corrected chi connectivity index (χ0v) is 9.49. The Balaban J connectivity index is 2.47. The predicted octanol–water partition coefficient (Wildman–Crippen LogP) is 1.37. The number of amides is 1. The number of hydrogen-bond acceptors (Lipinski definition) is 3. The standard InChI is InChI=1S/C11H18N2O2/c1-11(2,12)6-10(14)13(3)7-9-4-5-15-8-9/h4-5,8H,6-7,12H2,1-3H3. The van der Waals surface area contributed by atoms with Gasteiger partial charge in [0.25, 0.3) is 0 Å². The molecule has 1 rings (SSSR count). The van der Waals surface area contributed by atoms with Gasteiger partial charge in [-0.1, -0.05) is 0 Å². The molecule has 4 heteroatoms. The highest BCUT2D eigenvalue weighted by Crippen LogP contribution is 2.09. The van der Waals surface area contributed by atoms with E-state index in [-0.39, 0.29) is 5.91 Å². The van der Waals surface area contributed by atoms with Crippen LogP contribution in [0, 0.1) is 0 Å². The SMILES string of the molecule is CN(Cc1ccoc1)C(=O)CC(C)(C)N. The van der Waals surface area contributed by atoms with Crippen LogP contribution in [0.25, 0.3) is 0 Å². The molecule has 1 aromatic heterocycles. The Hall–Kier alpha value is -1.29. The number of hydrogen-bond donors (Lipinski definition) is 1. The third-order valence-corrected chi connectivity index (χ3v) is 2.03. The lowest BCUT2D eigenvalue weighted by Gasteiger charge is -2.22. The molecular weight excluding hydrogens is 192 g/mol. The van der Waals surface area contributed by atoms with Crippen molar-refractivity contribution < 1.29 is 9.21 Å². The monoisotopic (exact) mass is 210 g/mol. The first kappa shape index (κ1) is 11.8. The van der Waals surface area contributed by atoms with Crippen molar-refractivity contribution in [3.8, 4) is 0 Å². The van der Waals surface area contributed by atoms with Gasteiger partial charge in [0.05, 0.1) is 12.5 Å². The third-order valence-electron chi connectivity index (χ3n) is 2.03. The molecule has 0 aliphatic heterocycles. The lowest BCUT2D eigenvalue weighted by atomic mass is 10.0. The molecule has 0 spiro atoms. The van der Waals surface area contributed by atoms with Gasteiger partial charge < -0.3 is 15.1 Å². The summed E-state index contributed by atoms with van der Waals surface area (Å²) in [5.41, 5.74) is 6.31. The van der Waals surface area contributed by atoms with E-state index in [4.69, 9.17) is 10.2 Å². The van der Waals surface area contributed by atoms with E-state index < -0.39 is 5.54 Å². The quantitative estimate of drug-likeness (QED) is 0.816. The number of rotatable bonds is 4. The van der Waals surface area contributed by atoms with Crippen LogP contribution < -0.4 is 5.73 Å². The molecule has 0 aliphatic carbocycles. The third kappa shape index (κ3) is 4.16. The van der Waals surface area contributed by atoms with E-state index in [1.165, 1.54) is 0 Å². The van der Waals surface area contributed by atoms with Crippen molar-refractivity contribution in [2.45, 2.75) is 32.4 Å². The number of carbonyl (C=O) groups excluding carboxylic acids is 1. The Labute approximate surface area is 90.0 Å². The molecule has 2 N–H and O–H groups in total.